The number of hydrogen-bond acceptors (Lipinski definition) is 3. The first kappa shape index (κ1) is 10.1. The first-order valence-corrected chi connectivity index (χ1v) is 4.87. The minimum atomic E-state index is -1.01. The van der Waals surface area contributed by atoms with Crippen molar-refractivity contribution >= 4 is 17.6 Å². The largest absolute Gasteiger partial charge is 0.478 e. The van der Waals surface area contributed by atoms with Gasteiger partial charge in [-0.05, 0) is 18.1 Å². The van der Waals surface area contributed by atoms with Gasteiger partial charge in [0, 0.05) is 0 Å². The highest BCUT2D eigenvalue weighted by atomic mass is 35.5. The van der Waals surface area contributed by atoms with Crippen LogP contribution in [0, 0.1) is 0 Å². The summed E-state index contributed by atoms with van der Waals surface area (Å²) in [7, 11) is 0. The van der Waals surface area contributed by atoms with Crippen LogP contribution >= 0.6 is 11.6 Å². The number of rotatable bonds is 2. The summed E-state index contributed by atoms with van der Waals surface area (Å²) in [4.78, 5) is 11.0. The molecule has 2 rings (SSSR count). The van der Waals surface area contributed by atoms with Crippen LogP contribution in [0.15, 0.2) is 6.07 Å². The summed E-state index contributed by atoms with van der Waals surface area (Å²) < 4.78 is 10.3. The molecule has 1 aromatic carbocycles. The number of hydrogen-bond donors (Lipinski definition) is 1. The van der Waals surface area contributed by atoms with Crippen molar-refractivity contribution in [3.05, 3.63) is 22.2 Å². The standard InChI is InChI=1S/C10H9ClO4/c1-2-5-6(10(12)13)3-7-9(8(5)11)15-4-14-7/h3H,2,4H2,1H3,(H,12,13). The number of carboxylic acid groups (broad SMARTS) is 1. The van der Waals surface area contributed by atoms with Gasteiger partial charge in [-0.25, -0.2) is 4.79 Å². The third-order valence-electron chi connectivity index (χ3n) is 2.29. The van der Waals surface area contributed by atoms with E-state index in [9.17, 15) is 4.79 Å². The molecule has 80 valence electrons. The van der Waals surface area contributed by atoms with Crippen molar-refractivity contribution in [1.82, 2.24) is 0 Å². The van der Waals surface area contributed by atoms with Crippen LogP contribution in [0.2, 0.25) is 5.02 Å². The van der Waals surface area contributed by atoms with Gasteiger partial charge in [-0.3, -0.25) is 0 Å². The molecule has 1 N–H and O–H groups in total. The zero-order chi connectivity index (χ0) is 11.0. The third kappa shape index (κ3) is 1.51. The van der Waals surface area contributed by atoms with Crippen molar-refractivity contribution in [2.45, 2.75) is 13.3 Å². The lowest BCUT2D eigenvalue weighted by Crippen LogP contribution is -2.02. The number of carboxylic acids is 1. The fourth-order valence-electron chi connectivity index (χ4n) is 1.58. The van der Waals surface area contributed by atoms with Gasteiger partial charge >= 0.3 is 5.97 Å². The van der Waals surface area contributed by atoms with Crippen LogP contribution in [-0.4, -0.2) is 17.9 Å². The predicted molar refractivity (Wildman–Crippen MR) is 53.9 cm³/mol. The molecule has 0 amide bonds. The van der Waals surface area contributed by atoms with Gasteiger partial charge in [0.15, 0.2) is 11.5 Å². The molecule has 0 aromatic heterocycles. The highest BCUT2D eigenvalue weighted by molar-refractivity contribution is 6.33. The molecule has 5 heteroatoms. The lowest BCUT2D eigenvalue weighted by atomic mass is 10.0. The molecule has 0 spiro atoms. The maximum Gasteiger partial charge on any atom is 0.336 e. The molecular weight excluding hydrogens is 220 g/mol. The van der Waals surface area contributed by atoms with E-state index in [2.05, 4.69) is 0 Å². The maximum absolute atomic E-state index is 11.0. The van der Waals surface area contributed by atoms with E-state index in [1.807, 2.05) is 6.92 Å². The molecule has 4 nitrogen and oxygen atoms in total. The number of aromatic carboxylic acids is 1. The van der Waals surface area contributed by atoms with Crippen molar-refractivity contribution in [3.8, 4) is 11.5 Å². The molecule has 0 atom stereocenters. The number of carbonyl (C=O) groups is 1. The first-order chi connectivity index (χ1) is 7.15. The summed E-state index contributed by atoms with van der Waals surface area (Å²) in [6, 6.07) is 1.45. The fourth-order valence-corrected chi connectivity index (χ4v) is 1.96. The molecule has 1 aliphatic heterocycles. The number of benzene rings is 1. The van der Waals surface area contributed by atoms with E-state index in [-0.39, 0.29) is 12.4 Å². The molecule has 0 saturated carbocycles. The van der Waals surface area contributed by atoms with E-state index < -0.39 is 5.97 Å². The van der Waals surface area contributed by atoms with E-state index in [4.69, 9.17) is 26.2 Å². The van der Waals surface area contributed by atoms with E-state index in [0.29, 0.717) is 28.5 Å². The van der Waals surface area contributed by atoms with Gasteiger partial charge < -0.3 is 14.6 Å². The van der Waals surface area contributed by atoms with Crippen LogP contribution < -0.4 is 9.47 Å². The molecule has 15 heavy (non-hydrogen) atoms. The zero-order valence-corrected chi connectivity index (χ0v) is 8.80. The van der Waals surface area contributed by atoms with E-state index in [1.165, 1.54) is 6.07 Å². The van der Waals surface area contributed by atoms with Crippen LogP contribution in [0.3, 0.4) is 0 Å². The number of ether oxygens (including phenoxy) is 2. The topological polar surface area (TPSA) is 55.8 Å². The molecule has 1 heterocycles. The normalized spacial score (nSPS) is 12.9. The second kappa shape index (κ2) is 3.62. The van der Waals surface area contributed by atoms with Gasteiger partial charge in [0.2, 0.25) is 6.79 Å². The summed E-state index contributed by atoms with van der Waals surface area (Å²) >= 11 is 6.04. The lowest BCUT2D eigenvalue weighted by Gasteiger charge is -2.08. The van der Waals surface area contributed by atoms with E-state index in [0.717, 1.165) is 0 Å². The number of halogens is 1. The van der Waals surface area contributed by atoms with Crippen LogP contribution in [-0.2, 0) is 6.42 Å². The predicted octanol–water partition coefficient (Wildman–Crippen LogP) is 2.33. The summed E-state index contributed by atoms with van der Waals surface area (Å²) in [6.45, 7) is 1.93. The average Bonchev–Trinajstić information content (AvgIpc) is 2.65. The van der Waals surface area contributed by atoms with Crippen molar-refractivity contribution in [2.75, 3.05) is 6.79 Å². The van der Waals surface area contributed by atoms with Crippen LogP contribution in [0.1, 0.15) is 22.8 Å². The van der Waals surface area contributed by atoms with Gasteiger partial charge in [-0.1, -0.05) is 18.5 Å². The van der Waals surface area contributed by atoms with Gasteiger partial charge in [-0.15, -0.1) is 0 Å². The molecule has 1 aromatic rings. The van der Waals surface area contributed by atoms with E-state index in [1.54, 1.807) is 0 Å². The first-order valence-electron chi connectivity index (χ1n) is 4.49. The molecular formula is C10H9ClO4. The SMILES string of the molecule is CCc1c(C(=O)O)cc2c(c1Cl)OCO2. The highest BCUT2D eigenvalue weighted by Crippen LogP contribution is 2.42. The third-order valence-corrected chi connectivity index (χ3v) is 2.69. The summed E-state index contributed by atoms with van der Waals surface area (Å²) in [6.07, 6.45) is 0.539. The van der Waals surface area contributed by atoms with Crippen molar-refractivity contribution in [3.63, 3.8) is 0 Å². The van der Waals surface area contributed by atoms with Gasteiger partial charge in [0.05, 0.1) is 10.6 Å². The smallest absolute Gasteiger partial charge is 0.336 e. The Morgan fingerprint density at radius 2 is 2.33 bits per heavy atom. The average molecular weight is 229 g/mol. The Morgan fingerprint density at radius 1 is 1.60 bits per heavy atom. The Kier molecular flexibility index (Phi) is 2.44. The molecule has 0 unspecified atom stereocenters. The Morgan fingerprint density at radius 3 is 2.93 bits per heavy atom. The van der Waals surface area contributed by atoms with Crippen LogP contribution in [0.5, 0.6) is 11.5 Å². The quantitative estimate of drug-likeness (QED) is 0.844. The van der Waals surface area contributed by atoms with E-state index >= 15 is 0 Å². The zero-order valence-electron chi connectivity index (χ0n) is 8.04. The fraction of sp³-hybridized carbons (Fsp3) is 0.300. The van der Waals surface area contributed by atoms with Crippen LogP contribution in [0.4, 0.5) is 0 Å². The highest BCUT2D eigenvalue weighted by Gasteiger charge is 2.24. The molecule has 0 aliphatic carbocycles. The second-order valence-electron chi connectivity index (χ2n) is 3.11. The van der Waals surface area contributed by atoms with Crippen LogP contribution in [0.25, 0.3) is 0 Å². The molecule has 1 aliphatic rings. The van der Waals surface area contributed by atoms with Gasteiger partial charge in [-0.2, -0.15) is 0 Å². The lowest BCUT2D eigenvalue weighted by molar-refractivity contribution is 0.0695. The second-order valence-corrected chi connectivity index (χ2v) is 3.49. The minimum Gasteiger partial charge on any atom is -0.478 e. The summed E-state index contributed by atoms with van der Waals surface area (Å²) in [5, 5.41) is 9.34. The number of fused-ring (bicyclic) bond motifs is 1. The molecule has 0 fully saturated rings. The molecule has 0 saturated heterocycles. The maximum atomic E-state index is 11.0. The summed E-state index contributed by atoms with van der Waals surface area (Å²) in [5.41, 5.74) is 0.750. The Bertz CT molecular complexity index is 428. The van der Waals surface area contributed by atoms with Gasteiger partial charge in [0.25, 0.3) is 0 Å². The Labute approximate surface area is 91.4 Å². The van der Waals surface area contributed by atoms with Crippen molar-refractivity contribution in [2.24, 2.45) is 0 Å². The van der Waals surface area contributed by atoms with Crippen molar-refractivity contribution < 1.29 is 19.4 Å². The summed E-state index contributed by atoms with van der Waals surface area (Å²) in [5.74, 6) is -0.167. The molecule has 0 bridgehead atoms. The monoisotopic (exact) mass is 228 g/mol. The Hall–Kier alpha value is -1.42. The van der Waals surface area contributed by atoms with Crippen molar-refractivity contribution in [1.29, 1.82) is 0 Å². The minimum absolute atomic E-state index is 0.0846. The Balaban J connectivity index is 2.66. The van der Waals surface area contributed by atoms with Gasteiger partial charge in [0.1, 0.15) is 0 Å². The molecule has 0 radical (unpaired) electrons.